The molecule has 0 unspecified atom stereocenters. The van der Waals surface area contributed by atoms with Crippen LogP contribution in [0.2, 0.25) is 0 Å². The molecule has 0 saturated carbocycles. The fourth-order valence-corrected chi connectivity index (χ4v) is 2.85. The van der Waals surface area contributed by atoms with Crippen LogP contribution in [-0.4, -0.2) is 46.8 Å². The topological polar surface area (TPSA) is 88.3 Å². The Morgan fingerprint density at radius 2 is 2.12 bits per heavy atom. The van der Waals surface area contributed by atoms with Crippen molar-refractivity contribution in [1.29, 1.82) is 5.26 Å². The molecule has 2 aromatic rings. The SMILES string of the molecule is CCOC(=O)N1CCC(Oc2cc(-c3cccc(C#N)c3)ncn2)CC1. The van der Waals surface area contributed by atoms with Crippen molar-refractivity contribution in [3.05, 3.63) is 42.2 Å². The van der Waals surface area contributed by atoms with Gasteiger partial charge in [-0.05, 0) is 19.1 Å². The summed E-state index contributed by atoms with van der Waals surface area (Å²) in [6.45, 7) is 3.38. The minimum absolute atomic E-state index is 0.00568. The highest BCUT2D eigenvalue weighted by Crippen LogP contribution is 2.23. The monoisotopic (exact) mass is 352 g/mol. The molecule has 26 heavy (non-hydrogen) atoms. The zero-order chi connectivity index (χ0) is 18.4. The molecule has 2 heterocycles. The van der Waals surface area contributed by atoms with E-state index in [0.29, 0.717) is 36.8 Å². The number of hydrogen-bond acceptors (Lipinski definition) is 6. The number of carbonyl (C=O) groups is 1. The molecule has 1 aliphatic rings. The first-order chi connectivity index (χ1) is 12.7. The van der Waals surface area contributed by atoms with E-state index in [4.69, 9.17) is 14.7 Å². The molecule has 1 fully saturated rings. The molecule has 134 valence electrons. The van der Waals surface area contributed by atoms with Gasteiger partial charge in [0.15, 0.2) is 0 Å². The van der Waals surface area contributed by atoms with E-state index in [9.17, 15) is 4.79 Å². The lowest BCUT2D eigenvalue weighted by Gasteiger charge is -2.31. The second-order valence-corrected chi connectivity index (χ2v) is 5.94. The van der Waals surface area contributed by atoms with Crippen LogP contribution in [0.15, 0.2) is 36.7 Å². The Hall–Kier alpha value is -3.14. The van der Waals surface area contributed by atoms with E-state index in [1.165, 1.54) is 6.33 Å². The summed E-state index contributed by atoms with van der Waals surface area (Å²) in [4.78, 5) is 21.9. The lowest BCUT2D eigenvalue weighted by atomic mass is 10.1. The molecule has 0 bridgehead atoms. The average Bonchev–Trinajstić information content (AvgIpc) is 2.69. The number of amides is 1. The molecule has 1 aromatic heterocycles. The van der Waals surface area contributed by atoms with Crippen molar-refractivity contribution in [3.63, 3.8) is 0 Å². The normalized spacial score (nSPS) is 14.5. The molecule has 0 spiro atoms. The first-order valence-corrected chi connectivity index (χ1v) is 8.60. The summed E-state index contributed by atoms with van der Waals surface area (Å²) in [7, 11) is 0. The molecule has 1 aromatic carbocycles. The van der Waals surface area contributed by atoms with Gasteiger partial charge >= 0.3 is 6.09 Å². The fourth-order valence-electron chi connectivity index (χ4n) is 2.85. The first kappa shape index (κ1) is 17.7. The Bertz CT molecular complexity index is 810. The van der Waals surface area contributed by atoms with Crippen LogP contribution >= 0.6 is 0 Å². The second-order valence-electron chi connectivity index (χ2n) is 5.94. The van der Waals surface area contributed by atoms with Gasteiger partial charge in [-0.15, -0.1) is 0 Å². The van der Waals surface area contributed by atoms with Crippen molar-refractivity contribution in [2.24, 2.45) is 0 Å². The third kappa shape index (κ3) is 4.28. The summed E-state index contributed by atoms with van der Waals surface area (Å²) in [5, 5.41) is 9.03. The number of piperidine rings is 1. The molecule has 0 radical (unpaired) electrons. The summed E-state index contributed by atoms with van der Waals surface area (Å²) in [6, 6.07) is 11.1. The minimum atomic E-state index is -0.271. The summed E-state index contributed by atoms with van der Waals surface area (Å²) in [5.41, 5.74) is 2.12. The van der Waals surface area contributed by atoms with Gasteiger partial charge in [0.25, 0.3) is 0 Å². The molecule has 0 aliphatic carbocycles. The standard InChI is InChI=1S/C19H20N4O3/c1-2-25-19(24)23-8-6-16(7-9-23)26-18-11-17(21-13-22-18)15-5-3-4-14(10-15)12-20/h3-5,10-11,13,16H,2,6-9H2,1H3. The highest BCUT2D eigenvalue weighted by Gasteiger charge is 2.25. The van der Waals surface area contributed by atoms with Gasteiger partial charge in [-0.25, -0.2) is 14.8 Å². The van der Waals surface area contributed by atoms with Crippen LogP contribution in [0.1, 0.15) is 25.3 Å². The van der Waals surface area contributed by atoms with Crippen LogP contribution < -0.4 is 4.74 Å². The predicted molar refractivity (Wildman–Crippen MR) is 94.4 cm³/mol. The zero-order valence-corrected chi connectivity index (χ0v) is 14.6. The lowest BCUT2D eigenvalue weighted by molar-refractivity contribution is 0.0688. The van der Waals surface area contributed by atoms with Crippen LogP contribution in [0.3, 0.4) is 0 Å². The average molecular weight is 352 g/mol. The minimum Gasteiger partial charge on any atom is -0.474 e. The van der Waals surface area contributed by atoms with Crippen LogP contribution in [0.5, 0.6) is 5.88 Å². The molecule has 1 aliphatic heterocycles. The van der Waals surface area contributed by atoms with Gasteiger partial charge in [-0.1, -0.05) is 12.1 Å². The van der Waals surface area contributed by atoms with E-state index in [2.05, 4.69) is 16.0 Å². The van der Waals surface area contributed by atoms with Crippen molar-refractivity contribution < 1.29 is 14.3 Å². The Morgan fingerprint density at radius 3 is 2.85 bits per heavy atom. The lowest BCUT2D eigenvalue weighted by Crippen LogP contribution is -2.42. The Labute approximate surface area is 152 Å². The molecular weight excluding hydrogens is 332 g/mol. The van der Waals surface area contributed by atoms with Gasteiger partial charge in [0.2, 0.25) is 5.88 Å². The number of carbonyl (C=O) groups excluding carboxylic acids is 1. The third-order valence-corrected chi connectivity index (χ3v) is 4.18. The third-order valence-electron chi connectivity index (χ3n) is 4.18. The molecule has 0 N–H and O–H groups in total. The number of likely N-dealkylation sites (tertiary alicyclic amines) is 1. The van der Waals surface area contributed by atoms with Crippen molar-refractivity contribution in [2.75, 3.05) is 19.7 Å². The maximum absolute atomic E-state index is 11.7. The van der Waals surface area contributed by atoms with Crippen LogP contribution in [-0.2, 0) is 4.74 Å². The number of benzene rings is 1. The number of aromatic nitrogens is 2. The molecule has 7 nitrogen and oxygen atoms in total. The quantitative estimate of drug-likeness (QED) is 0.840. The van der Waals surface area contributed by atoms with Gasteiger partial charge in [0.05, 0.1) is 23.9 Å². The van der Waals surface area contributed by atoms with Crippen LogP contribution in [0.4, 0.5) is 4.79 Å². The van der Waals surface area contributed by atoms with Crippen molar-refractivity contribution in [3.8, 4) is 23.2 Å². The summed E-state index contributed by atoms with van der Waals surface area (Å²) in [5.74, 6) is 0.493. The van der Waals surface area contributed by atoms with Crippen molar-refractivity contribution in [1.82, 2.24) is 14.9 Å². The molecular formula is C19H20N4O3. The molecule has 3 rings (SSSR count). The Balaban J connectivity index is 1.63. The van der Waals surface area contributed by atoms with Gasteiger partial charge < -0.3 is 14.4 Å². The smallest absolute Gasteiger partial charge is 0.409 e. The van der Waals surface area contributed by atoms with Crippen molar-refractivity contribution in [2.45, 2.75) is 25.9 Å². The molecule has 1 amide bonds. The van der Waals surface area contributed by atoms with Crippen LogP contribution in [0, 0.1) is 11.3 Å². The highest BCUT2D eigenvalue weighted by atomic mass is 16.6. The van der Waals surface area contributed by atoms with E-state index < -0.39 is 0 Å². The van der Waals surface area contributed by atoms with Gasteiger partial charge in [-0.3, -0.25) is 0 Å². The number of rotatable bonds is 4. The molecule has 0 atom stereocenters. The zero-order valence-electron chi connectivity index (χ0n) is 14.6. The van der Waals surface area contributed by atoms with E-state index in [0.717, 1.165) is 18.4 Å². The van der Waals surface area contributed by atoms with Crippen molar-refractivity contribution >= 4 is 6.09 Å². The Kier molecular flexibility index (Phi) is 5.64. The predicted octanol–water partition coefficient (Wildman–Crippen LogP) is 3.01. The highest BCUT2D eigenvalue weighted by molar-refractivity contribution is 5.67. The number of nitriles is 1. The van der Waals surface area contributed by atoms with E-state index in [-0.39, 0.29) is 12.2 Å². The van der Waals surface area contributed by atoms with E-state index in [1.54, 1.807) is 30.0 Å². The summed E-state index contributed by atoms with van der Waals surface area (Å²) < 4.78 is 11.0. The number of hydrogen-bond donors (Lipinski definition) is 0. The maximum Gasteiger partial charge on any atom is 0.409 e. The van der Waals surface area contributed by atoms with Gasteiger partial charge in [-0.2, -0.15) is 5.26 Å². The summed E-state index contributed by atoms with van der Waals surface area (Å²) >= 11 is 0. The Morgan fingerprint density at radius 1 is 1.31 bits per heavy atom. The van der Waals surface area contributed by atoms with Crippen LogP contribution in [0.25, 0.3) is 11.3 Å². The van der Waals surface area contributed by atoms with Gasteiger partial charge in [0, 0.05) is 37.6 Å². The number of nitrogens with zero attached hydrogens (tertiary/aromatic N) is 4. The van der Waals surface area contributed by atoms with E-state index >= 15 is 0 Å². The maximum atomic E-state index is 11.7. The molecule has 1 saturated heterocycles. The first-order valence-electron chi connectivity index (χ1n) is 8.60. The number of ether oxygens (including phenoxy) is 2. The second kappa shape index (κ2) is 8.30. The fraction of sp³-hybridized carbons (Fsp3) is 0.368. The summed E-state index contributed by atoms with van der Waals surface area (Å²) in [6.07, 6.45) is 2.63. The molecule has 7 heteroatoms. The van der Waals surface area contributed by atoms with Gasteiger partial charge in [0.1, 0.15) is 12.4 Å². The van der Waals surface area contributed by atoms with E-state index in [1.807, 2.05) is 12.1 Å². The largest absolute Gasteiger partial charge is 0.474 e.